The summed E-state index contributed by atoms with van der Waals surface area (Å²) in [6, 6.07) is 5.64. The second kappa shape index (κ2) is 7.43. The molecule has 0 aliphatic carbocycles. The Morgan fingerprint density at radius 3 is 3.05 bits per heavy atom. The largest absolute Gasteiger partial charge is 0.397 e. The van der Waals surface area contributed by atoms with E-state index in [2.05, 4.69) is 10.2 Å². The van der Waals surface area contributed by atoms with Gasteiger partial charge >= 0.3 is 0 Å². The highest BCUT2D eigenvalue weighted by molar-refractivity contribution is 5.96. The smallest absolute Gasteiger partial charge is 0.238 e. The number of carbonyl (C=O) groups excluding carboxylic acids is 1. The van der Waals surface area contributed by atoms with E-state index in [1.54, 1.807) is 13.2 Å². The molecule has 1 aromatic rings. The second-order valence-electron chi connectivity index (χ2n) is 5.79. The number of aryl methyl sites for hydroxylation is 1. The highest BCUT2D eigenvalue weighted by Gasteiger charge is 2.21. The Morgan fingerprint density at radius 1 is 1.52 bits per heavy atom. The molecule has 0 spiro atoms. The molecule has 1 amide bonds. The average Bonchev–Trinajstić information content (AvgIpc) is 2.44. The van der Waals surface area contributed by atoms with Crippen molar-refractivity contribution in [1.29, 1.82) is 0 Å². The number of nitrogen functional groups attached to an aromatic ring is 1. The van der Waals surface area contributed by atoms with Crippen molar-refractivity contribution in [1.82, 2.24) is 4.90 Å². The van der Waals surface area contributed by atoms with E-state index in [1.165, 1.54) is 6.42 Å². The number of para-hydroxylation sites is 1. The van der Waals surface area contributed by atoms with Gasteiger partial charge in [0.05, 0.1) is 24.5 Å². The van der Waals surface area contributed by atoms with Gasteiger partial charge < -0.3 is 15.8 Å². The molecule has 2 rings (SSSR count). The van der Waals surface area contributed by atoms with E-state index in [1.807, 2.05) is 19.1 Å². The minimum absolute atomic E-state index is 0.00549. The minimum atomic E-state index is -0.00549. The normalized spacial score (nSPS) is 19.4. The first-order valence-electron chi connectivity index (χ1n) is 7.46. The molecule has 0 radical (unpaired) electrons. The molecular formula is C16H25N3O2. The van der Waals surface area contributed by atoms with Crippen molar-refractivity contribution in [2.24, 2.45) is 5.92 Å². The Balaban J connectivity index is 1.89. The third-order valence-electron chi connectivity index (χ3n) is 3.94. The van der Waals surface area contributed by atoms with E-state index in [-0.39, 0.29) is 5.91 Å². The summed E-state index contributed by atoms with van der Waals surface area (Å²) in [5.41, 5.74) is 8.25. The quantitative estimate of drug-likeness (QED) is 0.813. The molecule has 1 aliphatic rings. The molecule has 1 saturated heterocycles. The second-order valence-corrected chi connectivity index (χ2v) is 5.79. The zero-order valence-corrected chi connectivity index (χ0v) is 12.9. The van der Waals surface area contributed by atoms with Crippen LogP contribution in [0.4, 0.5) is 11.4 Å². The van der Waals surface area contributed by atoms with Crippen molar-refractivity contribution >= 4 is 17.3 Å². The van der Waals surface area contributed by atoms with Gasteiger partial charge in [-0.25, -0.2) is 0 Å². The molecule has 5 nitrogen and oxygen atoms in total. The first kappa shape index (κ1) is 15.8. The number of nitrogens with zero attached hydrogens (tertiary/aromatic N) is 1. The van der Waals surface area contributed by atoms with Crippen LogP contribution < -0.4 is 11.1 Å². The number of anilines is 2. The topological polar surface area (TPSA) is 67.6 Å². The number of methoxy groups -OCH3 is 1. The number of nitrogens with two attached hydrogens (primary N) is 1. The van der Waals surface area contributed by atoms with Crippen LogP contribution in [-0.4, -0.2) is 44.2 Å². The molecule has 1 aliphatic heterocycles. The zero-order chi connectivity index (χ0) is 15.2. The van der Waals surface area contributed by atoms with E-state index in [9.17, 15) is 4.79 Å². The highest BCUT2D eigenvalue weighted by Crippen LogP contribution is 2.22. The molecule has 0 aromatic heterocycles. The third kappa shape index (κ3) is 4.44. The summed E-state index contributed by atoms with van der Waals surface area (Å²) >= 11 is 0. The van der Waals surface area contributed by atoms with Crippen molar-refractivity contribution in [2.45, 2.75) is 19.8 Å². The molecule has 1 fully saturated rings. The molecule has 116 valence electrons. The van der Waals surface area contributed by atoms with Crippen LogP contribution in [0.25, 0.3) is 0 Å². The maximum atomic E-state index is 12.2. The number of amides is 1. The van der Waals surface area contributed by atoms with Gasteiger partial charge in [0.2, 0.25) is 5.91 Å². The van der Waals surface area contributed by atoms with Gasteiger partial charge in [0.15, 0.2) is 0 Å². The molecule has 1 atom stereocenters. The fourth-order valence-electron chi connectivity index (χ4n) is 2.91. The number of nitrogens with one attached hydrogen (secondary N) is 1. The molecular weight excluding hydrogens is 266 g/mol. The summed E-state index contributed by atoms with van der Waals surface area (Å²) in [5.74, 6) is 0.522. The number of carbonyl (C=O) groups is 1. The van der Waals surface area contributed by atoms with Crippen LogP contribution in [0, 0.1) is 12.8 Å². The molecule has 1 heterocycles. The van der Waals surface area contributed by atoms with Crippen LogP contribution in [0.3, 0.4) is 0 Å². The van der Waals surface area contributed by atoms with Crippen LogP contribution in [0.1, 0.15) is 18.4 Å². The van der Waals surface area contributed by atoms with Crippen molar-refractivity contribution in [2.75, 3.05) is 44.4 Å². The summed E-state index contributed by atoms with van der Waals surface area (Å²) in [4.78, 5) is 14.4. The fraction of sp³-hybridized carbons (Fsp3) is 0.562. The monoisotopic (exact) mass is 291 g/mol. The summed E-state index contributed by atoms with van der Waals surface area (Å²) in [7, 11) is 1.73. The number of hydrogen-bond acceptors (Lipinski definition) is 4. The first-order valence-corrected chi connectivity index (χ1v) is 7.46. The summed E-state index contributed by atoms with van der Waals surface area (Å²) in [6.07, 6.45) is 2.30. The van der Waals surface area contributed by atoms with Gasteiger partial charge in [0.1, 0.15) is 0 Å². The summed E-state index contributed by atoms with van der Waals surface area (Å²) in [6.45, 7) is 5.01. The van der Waals surface area contributed by atoms with Gasteiger partial charge in [-0.1, -0.05) is 12.1 Å². The number of ether oxygens (including phenoxy) is 1. The molecule has 0 saturated carbocycles. The van der Waals surface area contributed by atoms with E-state index >= 15 is 0 Å². The van der Waals surface area contributed by atoms with Gasteiger partial charge in [-0.05, 0) is 43.9 Å². The Morgan fingerprint density at radius 2 is 2.33 bits per heavy atom. The fourth-order valence-corrected chi connectivity index (χ4v) is 2.91. The van der Waals surface area contributed by atoms with E-state index in [4.69, 9.17) is 10.5 Å². The maximum Gasteiger partial charge on any atom is 0.238 e. The number of hydrogen-bond donors (Lipinski definition) is 2. The first-order chi connectivity index (χ1) is 10.1. The van der Waals surface area contributed by atoms with Gasteiger partial charge in [0, 0.05) is 13.7 Å². The number of rotatable bonds is 5. The average molecular weight is 291 g/mol. The van der Waals surface area contributed by atoms with Gasteiger partial charge in [-0.3, -0.25) is 9.69 Å². The molecule has 5 heteroatoms. The van der Waals surface area contributed by atoms with E-state index < -0.39 is 0 Å². The number of piperidine rings is 1. The molecule has 3 N–H and O–H groups in total. The minimum Gasteiger partial charge on any atom is -0.397 e. The zero-order valence-electron chi connectivity index (χ0n) is 12.9. The highest BCUT2D eigenvalue weighted by atomic mass is 16.5. The lowest BCUT2D eigenvalue weighted by molar-refractivity contribution is -0.117. The molecule has 1 aromatic carbocycles. The number of benzene rings is 1. The van der Waals surface area contributed by atoms with Gasteiger partial charge in [0.25, 0.3) is 0 Å². The van der Waals surface area contributed by atoms with Crippen LogP contribution in [-0.2, 0) is 9.53 Å². The standard InChI is InChI=1S/C16H25N3O2/c1-12-5-3-7-14(17)16(12)18-15(20)10-19-8-4-6-13(9-19)11-21-2/h3,5,7,13H,4,6,8-11,17H2,1-2H3,(H,18,20). The van der Waals surface area contributed by atoms with Crippen molar-refractivity contribution < 1.29 is 9.53 Å². The Labute approximate surface area is 126 Å². The molecule has 0 bridgehead atoms. The Kier molecular flexibility index (Phi) is 5.59. The Hall–Kier alpha value is -1.59. The van der Waals surface area contributed by atoms with Crippen molar-refractivity contribution in [3.8, 4) is 0 Å². The van der Waals surface area contributed by atoms with Crippen LogP contribution in [0.15, 0.2) is 18.2 Å². The third-order valence-corrected chi connectivity index (χ3v) is 3.94. The maximum absolute atomic E-state index is 12.2. The van der Waals surface area contributed by atoms with Crippen LogP contribution in [0.2, 0.25) is 0 Å². The lowest BCUT2D eigenvalue weighted by Gasteiger charge is -2.31. The molecule has 1 unspecified atom stereocenters. The van der Waals surface area contributed by atoms with Gasteiger partial charge in [-0.2, -0.15) is 0 Å². The summed E-state index contributed by atoms with van der Waals surface area (Å²) in [5, 5.41) is 2.94. The predicted octanol–water partition coefficient (Wildman–Crippen LogP) is 1.87. The van der Waals surface area contributed by atoms with Crippen LogP contribution in [0.5, 0.6) is 0 Å². The van der Waals surface area contributed by atoms with Crippen LogP contribution >= 0.6 is 0 Å². The van der Waals surface area contributed by atoms with Gasteiger partial charge in [-0.15, -0.1) is 0 Å². The SMILES string of the molecule is COCC1CCCN(CC(=O)Nc2c(C)cccc2N)C1. The number of likely N-dealkylation sites (tertiary alicyclic amines) is 1. The van der Waals surface area contributed by atoms with Crippen molar-refractivity contribution in [3.05, 3.63) is 23.8 Å². The van der Waals surface area contributed by atoms with E-state index in [0.717, 1.165) is 37.4 Å². The predicted molar refractivity (Wildman–Crippen MR) is 85.3 cm³/mol. The Bertz CT molecular complexity index is 468. The molecule has 21 heavy (non-hydrogen) atoms. The van der Waals surface area contributed by atoms with E-state index in [0.29, 0.717) is 18.2 Å². The van der Waals surface area contributed by atoms with Crippen molar-refractivity contribution in [3.63, 3.8) is 0 Å². The summed E-state index contributed by atoms with van der Waals surface area (Å²) < 4.78 is 5.22. The lowest BCUT2D eigenvalue weighted by atomic mass is 9.99. The lowest BCUT2D eigenvalue weighted by Crippen LogP contribution is -2.41.